The van der Waals surface area contributed by atoms with Crippen LogP contribution >= 0.6 is 0 Å². The molecule has 5 heteroatoms. The number of anilines is 2. The number of benzene rings is 1. The van der Waals surface area contributed by atoms with Crippen molar-refractivity contribution in [1.29, 1.82) is 0 Å². The van der Waals surface area contributed by atoms with Crippen molar-refractivity contribution >= 4 is 23.3 Å². The Morgan fingerprint density at radius 1 is 1.26 bits per heavy atom. The van der Waals surface area contributed by atoms with Crippen molar-refractivity contribution in [2.75, 3.05) is 23.4 Å². The molecule has 0 saturated carbocycles. The Balaban J connectivity index is 2.05. The molecule has 0 fully saturated rings. The van der Waals surface area contributed by atoms with Crippen LogP contribution in [0, 0.1) is 0 Å². The van der Waals surface area contributed by atoms with E-state index in [1.165, 1.54) is 24.0 Å². The third-order valence-electron chi connectivity index (χ3n) is 4.71. The van der Waals surface area contributed by atoms with Crippen molar-refractivity contribution in [2.45, 2.75) is 52.0 Å². The van der Waals surface area contributed by atoms with Gasteiger partial charge in [0.2, 0.25) is 5.91 Å². The van der Waals surface area contributed by atoms with E-state index >= 15 is 0 Å². The van der Waals surface area contributed by atoms with Crippen molar-refractivity contribution in [3.8, 4) is 0 Å². The number of carbonyl (C=O) groups excluding carboxylic acids is 2. The van der Waals surface area contributed by atoms with Crippen LogP contribution in [-0.2, 0) is 27.2 Å². The van der Waals surface area contributed by atoms with Crippen LogP contribution in [0.1, 0.15) is 44.7 Å². The number of hydrogen-bond acceptors (Lipinski definition) is 4. The van der Waals surface area contributed by atoms with Gasteiger partial charge in [0.15, 0.2) is 0 Å². The van der Waals surface area contributed by atoms with Crippen LogP contribution in [0.2, 0.25) is 0 Å². The predicted molar refractivity (Wildman–Crippen MR) is 89.8 cm³/mol. The van der Waals surface area contributed by atoms with Gasteiger partial charge in [-0.3, -0.25) is 9.69 Å². The third kappa shape index (κ3) is 2.69. The number of nitrogens with zero attached hydrogens (tertiary/aromatic N) is 1. The Kier molecular flexibility index (Phi) is 4.04. The lowest BCUT2D eigenvalue weighted by molar-refractivity contribution is -0.149. The monoisotopic (exact) mass is 316 g/mol. The summed E-state index contributed by atoms with van der Waals surface area (Å²) in [6.45, 7) is 5.78. The number of carbonyl (C=O) groups is 2. The molecule has 0 bridgehead atoms. The zero-order chi connectivity index (χ0) is 16.6. The summed E-state index contributed by atoms with van der Waals surface area (Å²) in [5.74, 6) is -0.481. The summed E-state index contributed by atoms with van der Waals surface area (Å²) in [5.41, 5.74) is 3.34. The van der Waals surface area contributed by atoms with Gasteiger partial charge in [-0.15, -0.1) is 0 Å². The maximum Gasteiger partial charge on any atom is 0.331 e. The SMILES string of the molecule is CCOC(=O)C(C)(C)N1C(=O)CNc2cc3c(cc21)CCCC3. The zero-order valence-corrected chi connectivity index (χ0v) is 14.1. The first-order chi connectivity index (χ1) is 10.9. The molecule has 3 rings (SSSR count). The Morgan fingerprint density at radius 2 is 1.91 bits per heavy atom. The molecule has 1 heterocycles. The van der Waals surface area contributed by atoms with Crippen molar-refractivity contribution in [3.63, 3.8) is 0 Å². The largest absolute Gasteiger partial charge is 0.464 e. The summed E-state index contributed by atoms with van der Waals surface area (Å²) in [4.78, 5) is 26.5. The first kappa shape index (κ1) is 15.8. The minimum absolute atomic E-state index is 0.105. The molecule has 0 aromatic heterocycles. The number of rotatable bonds is 3. The molecule has 23 heavy (non-hydrogen) atoms. The van der Waals surface area contributed by atoms with Gasteiger partial charge in [0.25, 0.3) is 0 Å². The predicted octanol–water partition coefficient (Wildman–Crippen LogP) is 2.67. The van der Waals surface area contributed by atoms with E-state index in [9.17, 15) is 9.59 Å². The van der Waals surface area contributed by atoms with Crippen LogP contribution in [0.4, 0.5) is 11.4 Å². The highest BCUT2D eigenvalue weighted by molar-refractivity contribution is 6.08. The van der Waals surface area contributed by atoms with Gasteiger partial charge in [-0.1, -0.05) is 0 Å². The van der Waals surface area contributed by atoms with Gasteiger partial charge in [-0.25, -0.2) is 4.79 Å². The van der Waals surface area contributed by atoms with E-state index in [0.29, 0.717) is 6.61 Å². The van der Waals surface area contributed by atoms with E-state index in [0.717, 1.165) is 24.2 Å². The molecule has 0 atom stereocenters. The molecule has 1 amide bonds. The first-order valence-electron chi connectivity index (χ1n) is 8.35. The summed E-state index contributed by atoms with van der Waals surface area (Å²) in [7, 11) is 0. The zero-order valence-electron chi connectivity index (χ0n) is 14.1. The van der Waals surface area contributed by atoms with Crippen molar-refractivity contribution < 1.29 is 14.3 Å². The average Bonchev–Trinajstić information content (AvgIpc) is 2.52. The fourth-order valence-electron chi connectivity index (χ4n) is 3.50. The fraction of sp³-hybridized carbons (Fsp3) is 0.556. The number of amides is 1. The van der Waals surface area contributed by atoms with Gasteiger partial charge in [0, 0.05) is 0 Å². The molecule has 1 aromatic rings. The van der Waals surface area contributed by atoms with E-state index in [1.54, 1.807) is 25.7 Å². The average molecular weight is 316 g/mol. The third-order valence-corrected chi connectivity index (χ3v) is 4.71. The van der Waals surface area contributed by atoms with Gasteiger partial charge >= 0.3 is 5.97 Å². The van der Waals surface area contributed by atoms with Crippen molar-refractivity contribution in [1.82, 2.24) is 0 Å². The van der Waals surface area contributed by atoms with Crippen LogP contribution in [0.5, 0.6) is 0 Å². The number of fused-ring (bicyclic) bond motifs is 2. The number of aryl methyl sites for hydroxylation is 2. The topological polar surface area (TPSA) is 58.6 Å². The van der Waals surface area contributed by atoms with Crippen LogP contribution in [0.15, 0.2) is 12.1 Å². The smallest absolute Gasteiger partial charge is 0.331 e. The number of hydrogen-bond donors (Lipinski definition) is 1. The van der Waals surface area contributed by atoms with Gasteiger partial charge in [0.1, 0.15) is 5.54 Å². The molecule has 1 aliphatic carbocycles. The molecular formula is C18H24N2O3. The normalized spacial score (nSPS) is 17.2. The second-order valence-electron chi connectivity index (χ2n) is 6.71. The van der Waals surface area contributed by atoms with Crippen LogP contribution in [0.25, 0.3) is 0 Å². The first-order valence-corrected chi connectivity index (χ1v) is 8.35. The number of esters is 1. The van der Waals surface area contributed by atoms with Gasteiger partial charge < -0.3 is 10.1 Å². The molecule has 0 radical (unpaired) electrons. The Bertz CT molecular complexity index is 652. The maximum absolute atomic E-state index is 12.5. The maximum atomic E-state index is 12.5. The molecule has 2 aliphatic rings. The summed E-state index contributed by atoms with van der Waals surface area (Å²) in [5, 5.41) is 3.19. The molecule has 0 unspecified atom stereocenters. The van der Waals surface area contributed by atoms with Crippen molar-refractivity contribution in [3.05, 3.63) is 23.3 Å². The number of ether oxygens (including phenoxy) is 1. The Hall–Kier alpha value is -2.04. The Morgan fingerprint density at radius 3 is 2.57 bits per heavy atom. The van der Waals surface area contributed by atoms with Crippen LogP contribution in [0.3, 0.4) is 0 Å². The number of nitrogens with one attached hydrogen (secondary N) is 1. The van der Waals surface area contributed by atoms with E-state index in [2.05, 4.69) is 17.4 Å². The van der Waals surface area contributed by atoms with Crippen LogP contribution in [-0.4, -0.2) is 30.6 Å². The highest BCUT2D eigenvalue weighted by Crippen LogP contribution is 2.39. The van der Waals surface area contributed by atoms with Gasteiger partial charge in [-0.05, 0) is 69.7 Å². The highest BCUT2D eigenvalue weighted by atomic mass is 16.5. The van der Waals surface area contributed by atoms with E-state index < -0.39 is 5.54 Å². The lowest BCUT2D eigenvalue weighted by Gasteiger charge is -2.40. The molecule has 0 spiro atoms. The Labute approximate surface area is 137 Å². The molecule has 1 aromatic carbocycles. The summed E-state index contributed by atoms with van der Waals surface area (Å²) >= 11 is 0. The van der Waals surface area contributed by atoms with E-state index in [-0.39, 0.29) is 18.4 Å². The van der Waals surface area contributed by atoms with E-state index in [1.807, 2.05) is 0 Å². The minimum atomic E-state index is -1.02. The summed E-state index contributed by atoms with van der Waals surface area (Å²) in [6, 6.07) is 4.22. The lowest BCUT2D eigenvalue weighted by atomic mass is 9.89. The molecule has 0 saturated heterocycles. The second kappa shape index (κ2) is 5.87. The van der Waals surface area contributed by atoms with Gasteiger partial charge in [-0.2, -0.15) is 0 Å². The molecule has 1 aliphatic heterocycles. The van der Waals surface area contributed by atoms with Crippen molar-refractivity contribution in [2.24, 2.45) is 0 Å². The fourth-order valence-corrected chi connectivity index (χ4v) is 3.50. The van der Waals surface area contributed by atoms with E-state index in [4.69, 9.17) is 4.74 Å². The highest BCUT2D eigenvalue weighted by Gasteiger charge is 2.43. The van der Waals surface area contributed by atoms with Gasteiger partial charge in [0.05, 0.1) is 24.5 Å². The molecule has 124 valence electrons. The minimum Gasteiger partial charge on any atom is -0.464 e. The molecular weight excluding hydrogens is 292 g/mol. The summed E-state index contributed by atoms with van der Waals surface area (Å²) in [6.07, 6.45) is 4.50. The molecule has 5 nitrogen and oxygen atoms in total. The summed E-state index contributed by atoms with van der Waals surface area (Å²) < 4.78 is 5.18. The lowest BCUT2D eigenvalue weighted by Crippen LogP contribution is -2.57. The molecule has 1 N–H and O–H groups in total. The quantitative estimate of drug-likeness (QED) is 0.871. The standard InChI is InChI=1S/C18H24N2O3/c1-4-23-17(22)18(2,3)20-15-10-13-8-6-5-7-12(13)9-14(15)19-11-16(20)21/h9-10,19H,4-8,11H2,1-3H3. The van der Waals surface area contributed by atoms with Crippen LogP contribution < -0.4 is 10.2 Å². The second-order valence-corrected chi connectivity index (χ2v) is 6.71.